The molecule has 0 amide bonds. The van der Waals surface area contributed by atoms with E-state index < -0.39 is 9.84 Å². The molecule has 0 aromatic heterocycles. The van der Waals surface area contributed by atoms with Crippen molar-refractivity contribution in [2.45, 2.75) is 30.8 Å². The number of nitrogens with two attached hydrogens (primary N) is 1. The number of hydrogen-bond acceptors (Lipinski definition) is 5. The van der Waals surface area contributed by atoms with Gasteiger partial charge >= 0.3 is 0 Å². The number of sulfone groups is 1. The van der Waals surface area contributed by atoms with Crippen LogP contribution in [-0.2, 0) is 9.84 Å². The van der Waals surface area contributed by atoms with Crippen LogP contribution < -0.4 is 5.73 Å². The summed E-state index contributed by atoms with van der Waals surface area (Å²) < 4.78 is 23.8. The molecule has 0 aromatic carbocycles. The monoisotopic (exact) mass is 275 g/mol. The molecule has 0 spiro atoms. The SMILES string of the molecule is CN(C)C1CCN(C2(CN)CCCS(=O)(=O)C2)C1. The maximum Gasteiger partial charge on any atom is 0.152 e. The van der Waals surface area contributed by atoms with Gasteiger partial charge in [0, 0.05) is 31.2 Å². The minimum Gasteiger partial charge on any atom is -0.329 e. The summed E-state index contributed by atoms with van der Waals surface area (Å²) in [5.74, 6) is 0.580. The van der Waals surface area contributed by atoms with E-state index in [1.807, 2.05) is 0 Å². The Morgan fingerprint density at radius 3 is 2.67 bits per heavy atom. The highest BCUT2D eigenvalue weighted by Gasteiger charge is 2.45. The smallest absolute Gasteiger partial charge is 0.152 e. The number of likely N-dealkylation sites (N-methyl/N-ethyl adjacent to an activating group) is 1. The lowest BCUT2D eigenvalue weighted by molar-refractivity contribution is 0.120. The highest BCUT2D eigenvalue weighted by atomic mass is 32.2. The second kappa shape index (κ2) is 5.07. The van der Waals surface area contributed by atoms with E-state index in [4.69, 9.17) is 5.73 Å². The van der Waals surface area contributed by atoms with Crippen LogP contribution >= 0.6 is 0 Å². The predicted molar refractivity (Wildman–Crippen MR) is 73.3 cm³/mol. The minimum atomic E-state index is -2.91. The standard InChI is InChI=1S/C12H25N3O2S/c1-14(2)11-4-6-15(8-11)12(9-13)5-3-7-18(16,17)10-12/h11H,3-10,13H2,1-2H3. The summed E-state index contributed by atoms with van der Waals surface area (Å²) in [6.45, 7) is 2.36. The number of likely N-dealkylation sites (tertiary alicyclic amines) is 1. The topological polar surface area (TPSA) is 66.6 Å². The van der Waals surface area contributed by atoms with Gasteiger partial charge in [0.05, 0.1) is 11.5 Å². The molecule has 6 heteroatoms. The van der Waals surface area contributed by atoms with Gasteiger partial charge in [-0.05, 0) is 33.4 Å². The molecule has 2 unspecified atom stereocenters. The molecular weight excluding hydrogens is 250 g/mol. The molecule has 0 aromatic rings. The second-order valence-corrected chi connectivity index (χ2v) is 8.16. The van der Waals surface area contributed by atoms with Crippen molar-refractivity contribution in [3.8, 4) is 0 Å². The third-order valence-electron chi connectivity index (χ3n) is 4.53. The van der Waals surface area contributed by atoms with Gasteiger partial charge in [0.1, 0.15) is 0 Å². The van der Waals surface area contributed by atoms with Gasteiger partial charge in [-0.15, -0.1) is 0 Å². The lowest BCUT2D eigenvalue weighted by Crippen LogP contribution is -2.59. The Kier molecular flexibility index (Phi) is 4.02. The summed E-state index contributed by atoms with van der Waals surface area (Å²) in [6, 6.07) is 0.526. The quantitative estimate of drug-likeness (QED) is 0.754. The van der Waals surface area contributed by atoms with E-state index in [2.05, 4.69) is 23.9 Å². The number of nitrogens with zero attached hydrogens (tertiary/aromatic N) is 2. The molecular formula is C12H25N3O2S. The van der Waals surface area contributed by atoms with Crippen molar-refractivity contribution in [1.82, 2.24) is 9.80 Å². The summed E-state index contributed by atoms with van der Waals surface area (Å²) in [6.07, 6.45) is 2.78. The predicted octanol–water partition coefficient (Wildman–Crippen LogP) is -0.472. The molecule has 2 saturated heterocycles. The molecule has 0 radical (unpaired) electrons. The highest BCUT2D eigenvalue weighted by molar-refractivity contribution is 7.91. The van der Waals surface area contributed by atoms with Crippen LogP contribution in [0.25, 0.3) is 0 Å². The molecule has 5 nitrogen and oxygen atoms in total. The Bertz CT molecular complexity index is 396. The Hall–Kier alpha value is -0.170. The molecule has 0 aliphatic carbocycles. The molecule has 18 heavy (non-hydrogen) atoms. The first kappa shape index (κ1) is 14.2. The summed E-state index contributed by atoms with van der Waals surface area (Å²) in [7, 11) is 1.26. The van der Waals surface area contributed by atoms with Gasteiger partial charge in [0.2, 0.25) is 0 Å². The van der Waals surface area contributed by atoms with Crippen molar-refractivity contribution < 1.29 is 8.42 Å². The zero-order chi connectivity index (χ0) is 13.4. The Labute approximate surface area is 110 Å². The summed E-state index contributed by atoms with van der Waals surface area (Å²) in [5.41, 5.74) is 5.64. The van der Waals surface area contributed by atoms with Crippen LogP contribution in [0.5, 0.6) is 0 Å². The molecule has 2 aliphatic rings. The lowest BCUT2D eigenvalue weighted by atomic mass is 9.93. The summed E-state index contributed by atoms with van der Waals surface area (Å²) in [4.78, 5) is 4.55. The van der Waals surface area contributed by atoms with Gasteiger partial charge < -0.3 is 10.6 Å². The van der Waals surface area contributed by atoms with Gasteiger partial charge in [0.15, 0.2) is 9.84 Å². The maximum atomic E-state index is 11.9. The zero-order valence-electron chi connectivity index (χ0n) is 11.4. The van der Waals surface area contributed by atoms with Crippen LogP contribution in [-0.4, -0.2) is 75.0 Å². The van der Waals surface area contributed by atoms with Crippen LogP contribution in [0.4, 0.5) is 0 Å². The fourth-order valence-electron chi connectivity index (χ4n) is 3.31. The largest absolute Gasteiger partial charge is 0.329 e. The van der Waals surface area contributed by atoms with E-state index in [0.29, 0.717) is 18.3 Å². The van der Waals surface area contributed by atoms with Crippen LogP contribution in [0.3, 0.4) is 0 Å². The van der Waals surface area contributed by atoms with Crippen LogP contribution in [0.15, 0.2) is 0 Å². The van der Waals surface area contributed by atoms with Crippen molar-refractivity contribution in [1.29, 1.82) is 0 Å². The molecule has 106 valence electrons. The Balaban J connectivity index is 2.14. The summed E-state index contributed by atoms with van der Waals surface area (Å²) >= 11 is 0. The van der Waals surface area contributed by atoms with E-state index in [1.165, 1.54) is 0 Å². The van der Waals surface area contributed by atoms with Crippen molar-refractivity contribution in [3.05, 3.63) is 0 Å². The number of rotatable bonds is 3. The van der Waals surface area contributed by atoms with Gasteiger partial charge in [-0.2, -0.15) is 0 Å². The molecule has 2 fully saturated rings. The lowest BCUT2D eigenvalue weighted by Gasteiger charge is -2.43. The second-order valence-electron chi connectivity index (χ2n) is 5.98. The normalized spacial score (nSPS) is 37.2. The Morgan fingerprint density at radius 2 is 2.17 bits per heavy atom. The first-order valence-corrected chi connectivity index (χ1v) is 8.53. The van der Waals surface area contributed by atoms with Crippen molar-refractivity contribution in [2.24, 2.45) is 5.73 Å². The molecule has 2 atom stereocenters. The van der Waals surface area contributed by atoms with E-state index >= 15 is 0 Å². The zero-order valence-corrected chi connectivity index (χ0v) is 12.2. The van der Waals surface area contributed by atoms with E-state index in [-0.39, 0.29) is 11.3 Å². The van der Waals surface area contributed by atoms with Gasteiger partial charge in [-0.3, -0.25) is 4.90 Å². The van der Waals surface area contributed by atoms with Crippen LogP contribution in [0, 0.1) is 0 Å². The molecule has 2 aliphatic heterocycles. The van der Waals surface area contributed by atoms with Crippen molar-refractivity contribution in [2.75, 3.05) is 45.2 Å². The first-order chi connectivity index (χ1) is 8.38. The molecule has 0 saturated carbocycles. The van der Waals surface area contributed by atoms with Crippen LogP contribution in [0.1, 0.15) is 19.3 Å². The number of hydrogen-bond donors (Lipinski definition) is 1. The average molecular weight is 275 g/mol. The molecule has 2 N–H and O–H groups in total. The van der Waals surface area contributed by atoms with E-state index in [9.17, 15) is 8.42 Å². The van der Waals surface area contributed by atoms with Crippen LogP contribution in [0.2, 0.25) is 0 Å². The summed E-state index contributed by atoms with van der Waals surface area (Å²) in [5, 5.41) is 0. The van der Waals surface area contributed by atoms with Gasteiger partial charge in [-0.1, -0.05) is 0 Å². The van der Waals surface area contributed by atoms with Gasteiger partial charge in [-0.25, -0.2) is 8.42 Å². The van der Waals surface area contributed by atoms with Crippen molar-refractivity contribution >= 4 is 9.84 Å². The fourth-order valence-corrected chi connectivity index (χ4v) is 5.30. The van der Waals surface area contributed by atoms with Crippen molar-refractivity contribution in [3.63, 3.8) is 0 Å². The van der Waals surface area contributed by atoms with E-state index in [1.54, 1.807) is 0 Å². The molecule has 2 rings (SSSR count). The average Bonchev–Trinajstić information content (AvgIpc) is 2.77. The highest BCUT2D eigenvalue weighted by Crippen LogP contribution is 2.32. The molecule has 2 heterocycles. The maximum absolute atomic E-state index is 11.9. The van der Waals surface area contributed by atoms with Gasteiger partial charge in [0.25, 0.3) is 0 Å². The molecule has 0 bridgehead atoms. The first-order valence-electron chi connectivity index (χ1n) is 6.70. The Morgan fingerprint density at radius 1 is 1.44 bits per heavy atom. The minimum absolute atomic E-state index is 0.247. The van der Waals surface area contributed by atoms with E-state index in [0.717, 1.165) is 32.4 Å². The third kappa shape index (κ3) is 2.71. The third-order valence-corrected chi connectivity index (χ3v) is 6.42. The fraction of sp³-hybridized carbons (Fsp3) is 1.00.